The van der Waals surface area contributed by atoms with E-state index < -0.39 is 21.9 Å². The molecule has 0 aliphatic carbocycles. The lowest BCUT2D eigenvalue weighted by molar-refractivity contribution is -0.145. The third-order valence-electron chi connectivity index (χ3n) is 2.13. The molecule has 0 unspecified atom stereocenters. The van der Waals surface area contributed by atoms with E-state index in [-0.39, 0.29) is 24.8 Å². The third kappa shape index (κ3) is 2.45. The minimum atomic E-state index is -3.22. The van der Waals surface area contributed by atoms with Crippen LogP contribution in [0.1, 0.15) is 13.8 Å². The minimum Gasteiger partial charge on any atom is -0.481 e. The van der Waals surface area contributed by atoms with Crippen LogP contribution in [0.2, 0.25) is 0 Å². The lowest BCUT2D eigenvalue weighted by Crippen LogP contribution is -2.53. The zero-order chi connectivity index (χ0) is 10.9. The molecule has 0 saturated carbocycles. The summed E-state index contributed by atoms with van der Waals surface area (Å²) in [6.45, 7) is 3.91. The van der Waals surface area contributed by atoms with Crippen molar-refractivity contribution in [2.45, 2.75) is 13.8 Å². The molecule has 1 saturated heterocycles. The van der Waals surface area contributed by atoms with Gasteiger partial charge in [0.25, 0.3) is 0 Å². The predicted molar refractivity (Wildman–Crippen MR) is 51.3 cm³/mol. The Hall–Kier alpha value is -0.620. The SMILES string of the molecule is CC(C)CS(=O)(=O)N1CC(C(=O)O)C1. The number of rotatable bonds is 4. The van der Waals surface area contributed by atoms with Gasteiger partial charge in [-0.05, 0) is 5.92 Å². The van der Waals surface area contributed by atoms with Crippen LogP contribution in [-0.2, 0) is 14.8 Å². The number of hydrogen-bond donors (Lipinski definition) is 1. The summed E-state index contributed by atoms with van der Waals surface area (Å²) < 4.78 is 24.3. The van der Waals surface area contributed by atoms with Crippen LogP contribution in [0, 0.1) is 11.8 Å². The Kier molecular flexibility index (Phi) is 3.16. The van der Waals surface area contributed by atoms with E-state index >= 15 is 0 Å². The number of nitrogens with zero attached hydrogens (tertiary/aromatic N) is 1. The van der Waals surface area contributed by atoms with Crippen LogP contribution >= 0.6 is 0 Å². The highest BCUT2D eigenvalue weighted by atomic mass is 32.2. The smallest absolute Gasteiger partial charge is 0.309 e. The first-order valence-electron chi connectivity index (χ1n) is 4.53. The fraction of sp³-hybridized carbons (Fsp3) is 0.875. The van der Waals surface area contributed by atoms with Gasteiger partial charge in [0.15, 0.2) is 0 Å². The zero-order valence-corrected chi connectivity index (χ0v) is 9.12. The Morgan fingerprint density at radius 1 is 1.50 bits per heavy atom. The van der Waals surface area contributed by atoms with Crippen LogP contribution in [0.15, 0.2) is 0 Å². The van der Waals surface area contributed by atoms with E-state index in [1.165, 1.54) is 4.31 Å². The molecule has 0 bridgehead atoms. The fourth-order valence-corrected chi connectivity index (χ4v) is 3.22. The van der Waals surface area contributed by atoms with Crippen molar-refractivity contribution in [3.05, 3.63) is 0 Å². The van der Waals surface area contributed by atoms with Crippen molar-refractivity contribution in [3.8, 4) is 0 Å². The van der Waals surface area contributed by atoms with Crippen molar-refractivity contribution in [3.63, 3.8) is 0 Å². The summed E-state index contributed by atoms with van der Waals surface area (Å²) in [4.78, 5) is 10.5. The maximum absolute atomic E-state index is 11.5. The maximum Gasteiger partial charge on any atom is 0.309 e. The molecule has 82 valence electrons. The number of hydrogen-bond acceptors (Lipinski definition) is 3. The Bertz CT molecular complexity index is 316. The highest BCUT2D eigenvalue weighted by Crippen LogP contribution is 2.21. The normalized spacial score (nSPS) is 19.6. The Morgan fingerprint density at radius 3 is 2.36 bits per heavy atom. The van der Waals surface area contributed by atoms with E-state index in [0.29, 0.717) is 0 Å². The van der Waals surface area contributed by atoms with Crippen LogP contribution in [0.3, 0.4) is 0 Å². The summed E-state index contributed by atoms with van der Waals surface area (Å²) in [5.41, 5.74) is 0. The Labute approximate surface area is 83.8 Å². The molecule has 1 aliphatic heterocycles. The second-order valence-corrected chi connectivity index (χ2v) is 6.04. The molecule has 14 heavy (non-hydrogen) atoms. The summed E-state index contributed by atoms with van der Waals surface area (Å²) in [7, 11) is -3.22. The van der Waals surface area contributed by atoms with Crippen molar-refractivity contribution in [1.29, 1.82) is 0 Å². The molecular formula is C8H15NO4S. The van der Waals surface area contributed by atoms with Crippen LogP contribution < -0.4 is 0 Å². The van der Waals surface area contributed by atoms with Gasteiger partial charge in [-0.1, -0.05) is 13.8 Å². The van der Waals surface area contributed by atoms with Crippen molar-refractivity contribution in [2.75, 3.05) is 18.8 Å². The summed E-state index contributed by atoms with van der Waals surface area (Å²) in [5, 5.41) is 8.58. The first-order valence-corrected chi connectivity index (χ1v) is 6.14. The molecule has 5 nitrogen and oxygen atoms in total. The molecule has 0 aromatic heterocycles. The Morgan fingerprint density at radius 2 is 2.00 bits per heavy atom. The van der Waals surface area contributed by atoms with Gasteiger partial charge in [-0.3, -0.25) is 4.79 Å². The van der Waals surface area contributed by atoms with Crippen LogP contribution in [0.4, 0.5) is 0 Å². The lowest BCUT2D eigenvalue weighted by Gasteiger charge is -2.35. The quantitative estimate of drug-likeness (QED) is 0.724. The summed E-state index contributed by atoms with van der Waals surface area (Å²) in [6.07, 6.45) is 0. The third-order valence-corrected chi connectivity index (χ3v) is 4.31. The molecule has 0 aromatic carbocycles. The molecule has 1 heterocycles. The van der Waals surface area contributed by atoms with Gasteiger partial charge in [0.1, 0.15) is 0 Å². The monoisotopic (exact) mass is 221 g/mol. The highest BCUT2D eigenvalue weighted by Gasteiger charge is 2.39. The van der Waals surface area contributed by atoms with Crippen LogP contribution in [-0.4, -0.2) is 42.6 Å². The van der Waals surface area contributed by atoms with E-state index in [9.17, 15) is 13.2 Å². The zero-order valence-electron chi connectivity index (χ0n) is 8.30. The molecule has 0 amide bonds. The van der Waals surface area contributed by atoms with Gasteiger partial charge in [-0.25, -0.2) is 12.7 Å². The van der Waals surface area contributed by atoms with Gasteiger partial charge in [0, 0.05) is 13.1 Å². The summed E-state index contributed by atoms with van der Waals surface area (Å²) in [5.74, 6) is -1.26. The molecular weight excluding hydrogens is 206 g/mol. The van der Waals surface area contributed by atoms with Gasteiger partial charge >= 0.3 is 5.97 Å². The molecule has 1 fully saturated rings. The van der Waals surface area contributed by atoms with Crippen molar-refractivity contribution >= 4 is 16.0 Å². The Balaban J connectivity index is 2.50. The average Bonchev–Trinajstić information content (AvgIpc) is 1.75. The second-order valence-electron chi connectivity index (χ2n) is 4.02. The highest BCUT2D eigenvalue weighted by molar-refractivity contribution is 7.89. The summed E-state index contributed by atoms with van der Waals surface area (Å²) in [6, 6.07) is 0. The van der Waals surface area contributed by atoms with Crippen molar-refractivity contribution in [1.82, 2.24) is 4.31 Å². The standard InChI is InChI=1S/C8H15NO4S/c1-6(2)5-14(12,13)9-3-7(4-9)8(10)11/h6-7H,3-5H2,1-2H3,(H,10,11). The molecule has 0 spiro atoms. The molecule has 1 aliphatic rings. The molecule has 6 heteroatoms. The van der Waals surface area contributed by atoms with E-state index in [4.69, 9.17) is 5.11 Å². The van der Waals surface area contributed by atoms with Crippen LogP contribution in [0.5, 0.6) is 0 Å². The van der Waals surface area contributed by atoms with E-state index in [1.54, 1.807) is 0 Å². The van der Waals surface area contributed by atoms with Crippen molar-refractivity contribution in [2.24, 2.45) is 11.8 Å². The van der Waals surface area contributed by atoms with Gasteiger partial charge < -0.3 is 5.11 Å². The lowest BCUT2D eigenvalue weighted by atomic mass is 10.0. The van der Waals surface area contributed by atoms with E-state index in [0.717, 1.165) is 0 Å². The summed E-state index contributed by atoms with van der Waals surface area (Å²) >= 11 is 0. The number of carbonyl (C=O) groups is 1. The number of carboxylic acid groups (broad SMARTS) is 1. The van der Waals surface area contributed by atoms with E-state index in [1.807, 2.05) is 13.8 Å². The van der Waals surface area contributed by atoms with Gasteiger partial charge in [0.2, 0.25) is 10.0 Å². The number of carboxylic acids is 1. The van der Waals surface area contributed by atoms with Gasteiger partial charge in [0.05, 0.1) is 11.7 Å². The average molecular weight is 221 g/mol. The minimum absolute atomic E-state index is 0.0730. The van der Waals surface area contributed by atoms with Gasteiger partial charge in [-0.2, -0.15) is 0 Å². The fourth-order valence-electron chi connectivity index (χ4n) is 1.35. The number of aliphatic carboxylic acids is 1. The number of sulfonamides is 1. The largest absolute Gasteiger partial charge is 0.481 e. The molecule has 0 aromatic rings. The van der Waals surface area contributed by atoms with E-state index in [2.05, 4.69) is 0 Å². The van der Waals surface area contributed by atoms with Crippen molar-refractivity contribution < 1.29 is 18.3 Å². The molecule has 1 rings (SSSR count). The topological polar surface area (TPSA) is 74.7 Å². The first kappa shape index (κ1) is 11.5. The molecule has 0 radical (unpaired) electrons. The van der Waals surface area contributed by atoms with Gasteiger partial charge in [-0.15, -0.1) is 0 Å². The molecule has 0 atom stereocenters. The predicted octanol–water partition coefficient (Wildman–Crippen LogP) is -0.0114. The second kappa shape index (κ2) is 3.86. The van der Waals surface area contributed by atoms with Crippen LogP contribution in [0.25, 0.3) is 0 Å². The first-order chi connectivity index (χ1) is 6.33. The molecule has 1 N–H and O–H groups in total. The maximum atomic E-state index is 11.5.